The highest BCUT2D eigenvalue weighted by Gasteiger charge is 2.31. The molecule has 16 heavy (non-hydrogen) atoms. The van der Waals surface area contributed by atoms with Gasteiger partial charge in [-0.3, -0.25) is 9.69 Å². The van der Waals surface area contributed by atoms with Gasteiger partial charge >= 0.3 is 0 Å². The third-order valence-corrected chi connectivity index (χ3v) is 3.90. The molecule has 0 radical (unpaired) electrons. The van der Waals surface area contributed by atoms with Crippen molar-refractivity contribution < 1.29 is 4.79 Å². The number of rotatable bonds is 2. The summed E-state index contributed by atoms with van der Waals surface area (Å²) in [4.78, 5) is 16.0. The van der Waals surface area contributed by atoms with Gasteiger partial charge in [0.25, 0.3) is 0 Å². The van der Waals surface area contributed by atoms with E-state index in [4.69, 9.17) is 5.73 Å². The first-order valence-electron chi connectivity index (χ1n) is 6.42. The largest absolute Gasteiger partial charge is 0.340 e. The molecular formula is C12H23N3O. The van der Waals surface area contributed by atoms with Crippen molar-refractivity contribution in [1.29, 1.82) is 0 Å². The van der Waals surface area contributed by atoms with Gasteiger partial charge in [-0.15, -0.1) is 0 Å². The molecule has 2 heterocycles. The Hall–Kier alpha value is -0.610. The fraction of sp³-hybridized carbons (Fsp3) is 0.917. The van der Waals surface area contributed by atoms with E-state index in [1.165, 1.54) is 25.9 Å². The van der Waals surface area contributed by atoms with Crippen LogP contribution in [0.15, 0.2) is 0 Å². The Morgan fingerprint density at radius 1 is 1.31 bits per heavy atom. The van der Waals surface area contributed by atoms with Crippen LogP contribution in [0, 0.1) is 5.92 Å². The second-order valence-electron chi connectivity index (χ2n) is 5.23. The minimum Gasteiger partial charge on any atom is -0.340 e. The van der Waals surface area contributed by atoms with Crippen molar-refractivity contribution >= 4 is 5.91 Å². The van der Waals surface area contributed by atoms with Crippen LogP contribution < -0.4 is 5.73 Å². The van der Waals surface area contributed by atoms with Gasteiger partial charge in [0.1, 0.15) is 0 Å². The average Bonchev–Trinajstić information content (AvgIpc) is 2.77. The lowest BCUT2D eigenvalue weighted by molar-refractivity contribution is -0.128. The van der Waals surface area contributed by atoms with Crippen LogP contribution >= 0.6 is 0 Å². The van der Waals surface area contributed by atoms with E-state index < -0.39 is 0 Å². The molecule has 0 aliphatic carbocycles. The molecular weight excluding hydrogens is 202 g/mol. The predicted molar refractivity (Wildman–Crippen MR) is 64.0 cm³/mol. The van der Waals surface area contributed by atoms with Crippen molar-refractivity contribution in [3.63, 3.8) is 0 Å². The summed E-state index contributed by atoms with van der Waals surface area (Å²) < 4.78 is 0. The van der Waals surface area contributed by atoms with Crippen molar-refractivity contribution in [3.8, 4) is 0 Å². The van der Waals surface area contributed by atoms with Gasteiger partial charge in [0.15, 0.2) is 0 Å². The number of amides is 1. The molecule has 2 atom stereocenters. The molecule has 0 aromatic carbocycles. The Labute approximate surface area is 97.8 Å². The van der Waals surface area contributed by atoms with E-state index >= 15 is 0 Å². The van der Waals surface area contributed by atoms with E-state index in [-0.39, 0.29) is 12.5 Å². The van der Waals surface area contributed by atoms with Gasteiger partial charge in [0.2, 0.25) is 5.91 Å². The zero-order chi connectivity index (χ0) is 11.5. The highest BCUT2D eigenvalue weighted by molar-refractivity contribution is 5.78. The first-order valence-corrected chi connectivity index (χ1v) is 6.42. The number of nitrogens with two attached hydrogens (primary N) is 1. The Kier molecular flexibility index (Phi) is 3.82. The molecule has 2 fully saturated rings. The molecule has 4 nitrogen and oxygen atoms in total. The maximum Gasteiger partial charge on any atom is 0.236 e. The second-order valence-corrected chi connectivity index (χ2v) is 5.23. The fourth-order valence-corrected chi connectivity index (χ4v) is 2.95. The molecule has 2 aliphatic rings. The Balaban J connectivity index is 1.85. The second kappa shape index (κ2) is 5.15. The molecule has 1 amide bonds. The molecule has 0 bridgehead atoms. The number of hydrogen-bond donors (Lipinski definition) is 1. The minimum absolute atomic E-state index is 0.104. The first-order chi connectivity index (χ1) is 7.70. The SMILES string of the molecule is CC1CCCN(C2CCN(C(=O)CN)C2)C1. The molecule has 0 spiro atoms. The van der Waals surface area contributed by atoms with Crippen molar-refractivity contribution in [2.75, 3.05) is 32.7 Å². The summed E-state index contributed by atoms with van der Waals surface area (Å²) in [5.41, 5.74) is 5.39. The lowest BCUT2D eigenvalue weighted by Gasteiger charge is -2.35. The highest BCUT2D eigenvalue weighted by Crippen LogP contribution is 2.22. The standard InChI is InChI=1S/C12H23N3O/c1-10-3-2-5-14(8-10)11-4-6-15(9-11)12(16)7-13/h10-11H,2-9,13H2,1H3. The molecule has 0 aromatic heterocycles. The Bertz CT molecular complexity index is 257. The number of nitrogens with zero attached hydrogens (tertiary/aromatic N) is 2. The quantitative estimate of drug-likeness (QED) is 0.734. The number of hydrogen-bond acceptors (Lipinski definition) is 3. The van der Waals surface area contributed by atoms with Gasteiger partial charge in [0, 0.05) is 25.7 Å². The monoisotopic (exact) mass is 225 g/mol. The summed E-state index contributed by atoms with van der Waals surface area (Å²) in [6, 6.07) is 0.582. The number of piperidine rings is 1. The van der Waals surface area contributed by atoms with E-state index in [1.54, 1.807) is 0 Å². The summed E-state index contributed by atoms with van der Waals surface area (Å²) in [5, 5.41) is 0. The summed E-state index contributed by atoms with van der Waals surface area (Å²) in [6.45, 7) is 6.68. The maximum absolute atomic E-state index is 11.5. The van der Waals surface area contributed by atoms with Crippen molar-refractivity contribution in [2.45, 2.75) is 32.2 Å². The summed E-state index contributed by atoms with van der Waals surface area (Å²) >= 11 is 0. The molecule has 0 aromatic rings. The zero-order valence-corrected chi connectivity index (χ0v) is 10.2. The number of carbonyl (C=O) groups is 1. The van der Waals surface area contributed by atoms with Gasteiger partial charge < -0.3 is 10.6 Å². The van der Waals surface area contributed by atoms with Crippen LogP contribution in [-0.4, -0.2) is 54.5 Å². The zero-order valence-electron chi connectivity index (χ0n) is 10.2. The lowest BCUT2D eigenvalue weighted by atomic mass is 9.98. The van der Waals surface area contributed by atoms with Gasteiger partial charge in [-0.05, 0) is 31.7 Å². The molecule has 0 saturated carbocycles. The molecule has 92 valence electrons. The van der Waals surface area contributed by atoms with Crippen LogP contribution in [0.3, 0.4) is 0 Å². The Morgan fingerprint density at radius 2 is 2.12 bits per heavy atom. The Morgan fingerprint density at radius 3 is 2.81 bits per heavy atom. The third-order valence-electron chi connectivity index (χ3n) is 3.90. The highest BCUT2D eigenvalue weighted by atomic mass is 16.2. The van der Waals surface area contributed by atoms with Gasteiger partial charge in [-0.2, -0.15) is 0 Å². The van der Waals surface area contributed by atoms with E-state index in [9.17, 15) is 4.79 Å². The molecule has 2 N–H and O–H groups in total. The van der Waals surface area contributed by atoms with Crippen LogP contribution in [0.2, 0.25) is 0 Å². The fourth-order valence-electron chi connectivity index (χ4n) is 2.95. The minimum atomic E-state index is 0.104. The summed E-state index contributed by atoms with van der Waals surface area (Å²) in [5.74, 6) is 0.917. The number of carbonyl (C=O) groups excluding carboxylic acids is 1. The smallest absolute Gasteiger partial charge is 0.236 e. The molecule has 2 saturated heterocycles. The summed E-state index contributed by atoms with van der Waals surface area (Å²) in [6.07, 6.45) is 3.79. The first kappa shape index (κ1) is 11.9. The van der Waals surface area contributed by atoms with E-state index in [1.807, 2.05) is 4.90 Å². The van der Waals surface area contributed by atoms with Gasteiger partial charge in [0.05, 0.1) is 6.54 Å². The molecule has 2 rings (SSSR count). The van der Waals surface area contributed by atoms with Crippen molar-refractivity contribution in [2.24, 2.45) is 11.7 Å². The van der Waals surface area contributed by atoms with Crippen LogP contribution in [0.1, 0.15) is 26.2 Å². The van der Waals surface area contributed by atoms with E-state index in [2.05, 4.69) is 11.8 Å². The molecule has 2 unspecified atom stereocenters. The van der Waals surface area contributed by atoms with Gasteiger partial charge in [-0.25, -0.2) is 0 Å². The predicted octanol–water partition coefficient (Wildman–Crippen LogP) is 0.278. The van der Waals surface area contributed by atoms with Crippen LogP contribution in [0.5, 0.6) is 0 Å². The van der Waals surface area contributed by atoms with Crippen molar-refractivity contribution in [3.05, 3.63) is 0 Å². The molecule has 4 heteroatoms. The van der Waals surface area contributed by atoms with Crippen molar-refractivity contribution in [1.82, 2.24) is 9.80 Å². The number of likely N-dealkylation sites (tertiary alicyclic amines) is 2. The maximum atomic E-state index is 11.5. The van der Waals surface area contributed by atoms with Crippen LogP contribution in [0.25, 0.3) is 0 Å². The average molecular weight is 225 g/mol. The van der Waals surface area contributed by atoms with E-state index in [0.717, 1.165) is 25.4 Å². The molecule has 2 aliphatic heterocycles. The summed E-state index contributed by atoms with van der Waals surface area (Å²) in [7, 11) is 0. The third kappa shape index (κ3) is 2.55. The van der Waals surface area contributed by atoms with Gasteiger partial charge in [-0.1, -0.05) is 6.92 Å². The normalized spacial score (nSPS) is 32.0. The lowest BCUT2D eigenvalue weighted by Crippen LogP contribution is -2.44. The van der Waals surface area contributed by atoms with Crippen LogP contribution in [0.4, 0.5) is 0 Å². The van der Waals surface area contributed by atoms with Crippen LogP contribution in [-0.2, 0) is 4.79 Å². The van der Waals surface area contributed by atoms with E-state index in [0.29, 0.717) is 6.04 Å². The topological polar surface area (TPSA) is 49.6 Å².